The summed E-state index contributed by atoms with van der Waals surface area (Å²) >= 11 is 6.02. The number of amides is 1. The molecule has 1 unspecified atom stereocenters. The number of anilines is 2. The summed E-state index contributed by atoms with van der Waals surface area (Å²) in [6.07, 6.45) is 5.23. The molecule has 31 heavy (non-hydrogen) atoms. The fraction of sp³-hybridized carbons (Fsp3) is 0.500. The average molecular weight is 440 g/mol. The Balaban J connectivity index is 1.32. The molecule has 2 aliphatic rings. The van der Waals surface area contributed by atoms with Gasteiger partial charge in [-0.05, 0) is 94.1 Å². The topological polar surface area (TPSA) is 26.8 Å². The summed E-state index contributed by atoms with van der Waals surface area (Å²) in [6, 6.07) is 17.3. The van der Waals surface area contributed by atoms with E-state index in [4.69, 9.17) is 11.6 Å². The molecule has 1 amide bonds. The van der Waals surface area contributed by atoms with Crippen LogP contribution in [-0.2, 0) is 4.79 Å². The van der Waals surface area contributed by atoms with Crippen LogP contribution in [0, 0.1) is 5.92 Å². The highest BCUT2D eigenvalue weighted by Gasteiger charge is 2.29. The lowest BCUT2D eigenvalue weighted by atomic mass is 9.78. The highest BCUT2D eigenvalue weighted by molar-refractivity contribution is 6.30. The largest absolute Gasteiger partial charge is 0.370 e. The Morgan fingerprint density at radius 3 is 2.13 bits per heavy atom. The van der Waals surface area contributed by atoms with Crippen molar-refractivity contribution in [1.29, 1.82) is 0 Å². The summed E-state index contributed by atoms with van der Waals surface area (Å²) in [5.41, 5.74) is 3.58. The van der Waals surface area contributed by atoms with Gasteiger partial charge in [-0.15, -0.1) is 0 Å². The number of hydrogen-bond donors (Lipinski definition) is 0. The van der Waals surface area contributed by atoms with Gasteiger partial charge in [-0.25, -0.2) is 0 Å². The molecule has 5 heteroatoms. The Labute approximate surface area is 191 Å². The number of carbonyl (C=O) groups is 1. The maximum Gasteiger partial charge on any atom is 0.229 e. The molecule has 1 aliphatic carbocycles. The van der Waals surface area contributed by atoms with Crippen molar-refractivity contribution in [1.82, 2.24) is 4.90 Å². The van der Waals surface area contributed by atoms with Crippen molar-refractivity contribution in [3.8, 4) is 0 Å². The molecular weight excluding hydrogens is 406 g/mol. The van der Waals surface area contributed by atoms with Gasteiger partial charge in [0.05, 0.1) is 0 Å². The van der Waals surface area contributed by atoms with E-state index in [1.54, 1.807) is 0 Å². The molecule has 4 nitrogen and oxygen atoms in total. The van der Waals surface area contributed by atoms with Crippen LogP contribution >= 0.6 is 11.6 Å². The summed E-state index contributed by atoms with van der Waals surface area (Å²) in [5.74, 6) is 0.904. The van der Waals surface area contributed by atoms with Crippen LogP contribution in [0.5, 0.6) is 0 Å². The zero-order valence-electron chi connectivity index (χ0n) is 18.9. The van der Waals surface area contributed by atoms with Gasteiger partial charge >= 0.3 is 0 Å². The van der Waals surface area contributed by atoms with Gasteiger partial charge in [0.2, 0.25) is 5.91 Å². The van der Waals surface area contributed by atoms with Crippen LogP contribution < -0.4 is 9.80 Å². The lowest BCUT2D eigenvalue weighted by Gasteiger charge is -2.31. The number of likely N-dealkylation sites (N-methyl/N-ethyl adjacent to an activating group) is 1. The minimum atomic E-state index is 0.118. The molecule has 1 atom stereocenters. The molecule has 1 heterocycles. The third-order valence-corrected chi connectivity index (χ3v) is 7.50. The van der Waals surface area contributed by atoms with Crippen LogP contribution in [0.3, 0.4) is 0 Å². The molecule has 1 saturated heterocycles. The van der Waals surface area contributed by atoms with E-state index in [1.165, 1.54) is 17.7 Å². The third kappa shape index (κ3) is 5.07. The Morgan fingerprint density at radius 2 is 1.55 bits per heavy atom. The molecule has 0 spiro atoms. The van der Waals surface area contributed by atoms with Gasteiger partial charge in [-0.1, -0.05) is 23.7 Å². The lowest BCUT2D eigenvalue weighted by Crippen LogP contribution is -2.34. The Hall–Kier alpha value is -2.04. The maximum absolute atomic E-state index is 13.1. The summed E-state index contributed by atoms with van der Waals surface area (Å²) in [4.78, 5) is 19.7. The molecule has 2 fully saturated rings. The fourth-order valence-corrected chi connectivity index (χ4v) is 5.22. The van der Waals surface area contributed by atoms with E-state index in [0.29, 0.717) is 12.0 Å². The van der Waals surface area contributed by atoms with Crippen molar-refractivity contribution in [3.05, 3.63) is 59.1 Å². The number of halogens is 1. The Morgan fingerprint density at radius 1 is 0.903 bits per heavy atom. The molecule has 2 aromatic carbocycles. The Bertz CT molecular complexity index is 873. The van der Waals surface area contributed by atoms with Crippen LogP contribution in [0.2, 0.25) is 5.02 Å². The number of benzene rings is 2. The van der Waals surface area contributed by atoms with Crippen LogP contribution in [0.4, 0.5) is 11.4 Å². The fourth-order valence-electron chi connectivity index (χ4n) is 5.09. The van der Waals surface area contributed by atoms with Gasteiger partial charge in [-0.3, -0.25) is 4.79 Å². The van der Waals surface area contributed by atoms with Gasteiger partial charge < -0.3 is 14.7 Å². The second-order valence-corrected chi connectivity index (χ2v) is 9.80. The van der Waals surface area contributed by atoms with E-state index in [-0.39, 0.29) is 11.8 Å². The maximum atomic E-state index is 13.1. The van der Waals surface area contributed by atoms with Gasteiger partial charge in [0.15, 0.2) is 0 Å². The zero-order valence-corrected chi connectivity index (χ0v) is 19.7. The van der Waals surface area contributed by atoms with Crippen molar-refractivity contribution in [2.24, 2.45) is 5.92 Å². The van der Waals surface area contributed by atoms with Crippen LogP contribution in [0.15, 0.2) is 48.5 Å². The minimum absolute atomic E-state index is 0.118. The quantitative estimate of drug-likeness (QED) is 0.622. The van der Waals surface area contributed by atoms with E-state index in [0.717, 1.165) is 49.5 Å². The van der Waals surface area contributed by atoms with Gasteiger partial charge in [0.25, 0.3) is 0 Å². The number of hydrogen-bond acceptors (Lipinski definition) is 3. The van der Waals surface area contributed by atoms with E-state index in [1.807, 2.05) is 24.1 Å². The smallest absolute Gasteiger partial charge is 0.229 e. The first-order valence-corrected chi connectivity index (χ1v) is 11.8. The highest BCUT2D eigenvalue weighted by atomic mass is 35.5. The summed E-state index contributed by atoms with van der Waals surface area (Å²) in [7, 11) is 6.22. The molecule has 166 valence electrons. The first-order chi connectivity index (χ1) is 14.9. The third-order valence-electron chi connectivity index (χ3n) is 7.24. The molecule has 2 aromatic rings. The second-order valence-electron chi connectivity index (χ2n) is 9.37. The molecule has 1 aliphatic heterocycles. The SMILES string of the molecule is CN(C(=O)C1CCC(c2ccc(Cl)cc2)CC1)c1ccc(N2CCC(N(C)C)C2)cc1. The molecule has 0 radical (unpaired) electrons. The summed E-state index contributed by atoms with van der Waals surface area (Å²) in [5, 5.41) is 0.780. The standard InChI is InChI=1S/C26H34ClN3O/c1-28(2)25-16-17-30(18-25)24-14-12-23(13-15-24)29(3)26(31)21-6-4-19(5-7-21)20-8-10-22(27)11-9-20/h8-15,19,21,25H,4-7,16-18H2,1-3H3. The van der Waals surface area contributed by atoms with Crippen LogP contribution in [-0.4, -0.2) is 51.1 Å². The van der Waals surface area contributed by atoms with Crippen molar-refractivity contribution >= 4 is 28.9 Å². The van der Waals surface area contributed by atoms with Crippen molar-refractivity contribution in [3.63, 3.8) is 0 Å². The molecule has 0 aromatic heterocycles. The summed E-state index contributed by atoms with van der Waals surface area (Å²) < 4.78 is 0. The molecule has 0 bridgehead atoms. The normalized spacial score (nSPS) is 23.9. The predicted octanol–water partition coefficient (Wildman–Crippen LogP) is 5.42. The van der Waals surface area contributed by atoms with E-state index in [2.05, 4.69) is 60.3 Å². The van der Waals surface area contributed by atoms with Crippen LogP contribution in [0.25, 0.3) is 0 Å². The number of nitrogens with zero attached hydrogens (tertiary/aromatic N) is 3. The molecule has 1 saturated carbocycles. The average Bonchev–Trinajstić information content (AvgIpc) is 3.30. The first kappa shape index (κ1) is 22.2. The number of carbonyl (C=O) groups excluding carboxylic acids is 1. The van der Waals surface area contributed by atoms with E-state index < -0.39 is 0 Å². The van der Waals surface area contributed by atoms with Crippen molar-refractivity contribution < 1.29 is 4.79 Å². The van der Waals surface area contributed by atoms with E-state index in [9.17, 15) is 4.79 Å². The van der Waals surface area contributed by atoms with Gasteiger partial charge in [0, 0.05) is 48.5 Å². The monoisotopic (exact) mass is 439 g/mol. The van der Waals surface area contributed by atoms with Crippen LogP contribution in [0.1, 0.15) is 43.6 Å². The van der Waals surface area contributed by atoms with Crippen molar-refractivity contribution in [2.45, 2.75) is 44.1 Å². The lowest BCUT2D eigenvalue weighted by molar-refractivity contribution is -0.123. The highest BCUT2D eigenvalue weighted by Crippen LogP contribution is 2.37. The minimum Gasteiger partial charge on any atom is -0.370 e. The second kappa shape index (κ2) is 9.62. The van der Waals surface area contributed by atoms with Gasteiger partial charge in [-0.2, -0.15) is 0 Å². The zero-order chi connectivity index (χ0) is 22.0. The molecular formula is C26H34ClN3O. The first-order valence-electron chi connectivity index (χ1n) is 11.5. The van der Waals surface area contributed by atoms with E-state index >= 15 is 0 Å². The van der Waals surface area contributed by atoms with Gasteiger partial charge in [0.1, 0.15) is 0 Å². The predicted molar refractivity (Wildman–Crippen MR) is 130 cm³/mol. The molecule has 4 rings (SSSR count). The Kier molecular flexibility index (Phi) is 6.88. The molecule has 0 N–H and O–H groups in total. The number of rotatable bonds is 5. The summed E-state index contributed by atoms with van der Waals surface area (Å²) in [6.45, 7) is 2.16. The van der Waals surface area contributed by atoms with Crippen molar-refractivity contribution in [2.75, 3.05) is 44.0 Å².